The van der Waals surface area contributed by atoms with Gasteiger partial charge >= 0.3 is 0 Å². The Balaban J connectivity index is 0.853. The molecule has 0 fully saturated rings. The number of hydrogen-bond donors (Lipinski definition) is 0. The molecule has 3 aromatic heterocycles. The van der Waals surface area contributed by atoms with Crippen LogP contribution in [-0.2, 0) is 12.8 Å². The van der Waals surface area contributed by atoms with Crippen molar-refractivity contribution in [2.45, 2.75) is 25.7 Å². The van der Waals surface area contributed by atoms with E-state index in [0.717, 1.165) is 89.9 Å². The van der Waals surface area contributed by atoms with E-state index in [1.54, 1.807) is 0 Å². The van der Waals surface area contributed by atoms with Crippen LogP contribution in [0.5, 0.6) is 23.0 Å². The lowest BCUT2D eigenvalue weighted by molar-refractivity contribution is 0.487. The highest BCUT2D eigenvalue weighted by Crippen LogP contribution is 2.47. The summed E-state index contributed by atoms with van der Waals surface area (Å²) in [6.07, 6.45) is 4.35. The van der Waals surface area contributed by atoms with Gasteiger partial charge < -0.3 is 33.0 Å². The zero-order chi connectivity index (χ0) is 52.3. The third-order valence-electron chi connectivity index (χ3n) is 19.3. The summed E-state index contributed by atoms with van der Waals surface area (Å²) in [5, 5.41) is 7.47. The van der Waals surface area contributed by atoms with Crippen LogP contribution in [0.4, 0.5) is 22.7 Å². The minimum atomic E-state index is -0.0733. The average molecular weight is 1040 g/mol. The lowest BCUT2D eigenvalue weighted by Gasteiger charge is -2.36. The van der Waals surface area contributed by atoms with E-state index >= 15 is 0 Å². The highest BCUT2D eigenvalue weighted by molar-refractivity contribution is 7.00. The molecule has 0 atom stereocenters. The van der Waals surface area contributed by atoms with Crippen molar-refractivity contribution in [3.05, 3.63) is 223 Å². The monoisotopic (exact) mass is 1040 g/mol. The molecule has 378 valence electrons. The maximum Gasteiger partial charge on any atom is 0.256 e. The Labute approximate surface area is 467 Å². The van der Waals surface area contributed by atoms with Crippen molar-refractivity contribution in [3.8, 4) is 40.1 Å². The number of anilines is 4. The molecule has 0 bridgehead atoms. The zero-order valence-electron chi connectivity index (χ0n) is 44.2. The van der Waals surface area contributed by atoms with E-state index in [-0.39, 0.29) is 13.4 Å². The second kappa shape index (κ2) is 15.5. The fraction of sp³-hybridized carbons (Fsp3) is 0.0833. The predicted molar refractivity (Wildman–Crippen MR) is 335 cm³/mol. The van der Waals surface area contributed by atoms with E-state index in [1.165, 1.54) is 121 Å². The van der Waals surface area contributed by atoms with Crippen LogP contribution in [-0.4, -0.2) is 40.2 Å². The first-order chi connectivity index (χ1) is 40.2. The summed E-state index contributed by atoms with van der Waals surface area (Å²) >= 11 is 0. The van der Waals surface area contributed by atoms with E-state index in [1.807, 2.05) is 0 Å². The van der Waals surface area contributed by atoms with Crippen LogP contribution in [0.25, 0.3) is 82.5 Å². The predicted octanol–water partition coefficient (Wildman–Crippen LogP) is 13.0. The summed E-state index contributed by atoms with van der Waals surface area (Å²) in [6, 6.07) is 79.8. The number of aryl methyl sites for hydroxylation is 2. The van der Waals surface area contributed by atoms with Crippen molar-refractivity contribution in [2.75, 3.05) is 22.9 Å². The van der Waals surface area contributed by atoms with Crippen LogP contribution in [0, 0.1) is 0 Å². The van der Waals surface area contributed by atoms with Crippen molar-refractivity contribution in [1.82, 2.24) is 13.7 Å². The van der Waals surface area contributed by atoms with Crippen LogP contribution < -0.4 is 52.1 Å². The maximum atomic E-state index is 7.52. The largest absolute Gasteiger partial charge is 0.458 e. The highest BCUT2D eigenvalue weighted by Gasteiger charge is 2.44. The molecule has 11 aromatic carbocycles. The van der Waals surface area contributed by atoms with Crippen LogP contribution >= 0.6 is 0 Å². The first-order valence-corrected chi connectivity index (χ1v) is 28.9. The van der Waals surface area contributed by atoms with E-state index in [0.29, 0.717) is 0 Å². The van der Waals surface area contributed by atoms with Crippen molar-refractivity contribution in [2.24, 2.45) is 0 Å². The molecule has 0 spiro atoms. The van der Waals surface area contributed by atoms with Crippen LogP contribution in [0.2, 0.25) is 0 Å². The van der Waals surface area contributed by atoms with Crippen molar-refractivity contribution < 1.29 is 9.47 Å². The Hall–Kier alpha value is -9.85. The number of benzene rings is 11. The van der Waals surface area contributed by atoms with Gasteiger partial charge in [-0.1, -0.05) is 140 Å². The van der Waals surface area contributed by atoms with Crippen molar-refractivity contribution >= 4 is 134 Å². The Morgan fingerprint density at radius 1 is 0.309 bits per heavy atom. The van der Waals surface area contributed by atoms with Gasteiger partial charge in [0.05, 0.1) is 22.1 Å². The Bertz CT molecular complexity index is 4890. The molecule has 9 heteroatoms. The van der Waals surface area contributed by atoms with Gasteiger partial charge in [-0.2, -0.15) is 0 Å². The molecule has 14 aromatic rings. The molecule has 0 unspecified atom stereocenters. The summed E-state index contributed by atoms with van der Waals surface area (Å²) in [7, 11) is 0. The summed E-state index contributed by atoms with van der Waals surface area (Å²) in [6.45, 7) is 1.74. The first-order valence-electron chi connectivity index (χ1n) is 28.9. The molecule has 0 N–H and O–H groups in total. The van der Waals surface area contributed by atoms with Gasteiger partial charge in [-0.3, -0.25) is 0 Å². The number of para-hydroxylation sites is 7. The summed E-state index contributed by atoms with van der Waals surface area (Å²) in [5.41, 5.74) is 25.7. The number of ether oxygens (including phenoxy) is 2. The SMILES string of the molecule is c1ccc(-n2c3cc4c(cc3c3cc5c(cc32)Oc2cc(N3CCCc6ccccc63)cc3c2B5c2cccc5c6ccccc6n-3c25)B2c3c(cc(N5CCCc6ccccc65)cc3-n3c5ccccc5c5cccc2c53)O4)cc1. The molecular weight excluding hydrogens is 988 g/mol. The van der Waals surface area contributed by atoms with Gasteiger partial charge in [0.2, 0.25) is 0 Å². The van der Waals surface area contributed by atoms with Gasteiger partial charge in [-0.15, -0.1) is 0 Å². The summed E-state index contributed by atoms with van der Waals surface area (Å²) in [5.74, 6) is 3.61. The van der Waals surface area contributed by atoms with E-state index < -0.39 is 0 Å². The number of nitrogens with zero attached hydrogens (tertiary/aromatic N) is 5. The summed E-state index contributed by atoms with van der Waals surface area (Å²) in [4.78, 5) is 5.04. The molecule has 0 saturated heterocycles. The minimum Gasteiger partial charge on any atom is -0.458 e. The molecule has 81 heavy (non-hydrogen) atoms. The minimum absolute atomic E-state index is 0.0733. The molecule has 0 amide bonds. The smallest absolute Gasteiger partial charge is 0.256 e. The first kappa shape index (κ1) is 43.1. The Morgan fingerprint density at radius 2 is 0.765 bits per heavy atom. The van der Waals surface area contributed by atoms with Crippen LogP contribution in [0.3, 0.4) is 0 Å². The molecule has 9 heterocycles. The third kappa shape index (κ3) is 5.56. The van der Waals surface area contributed by atoms with Gasteiger partial charge in [-0.05, 0) is 118 Å². The van der Waals surface area contributed by atoms with Gasteiger partial charge in [0.25, 0.3) is 13.4 Å². The van der Waals surface area contributed by atoms with Gasteiger partial charge in [-0.25, -0.2) is 0 Å². The fourth-order valence-electron chi connectivity index (χ4n) is 16.1. The summed E-state index contributed by atoms with van der Waals surface area (Å²) < 4.78 is 22.6. The van der Waals surface area contributed by atoms with E-state index in [9.17, 15) is 0 Å². The maximum absolute atomic E-state index is 7.52. The zero-order valence-corrected chi connectivity index (χ0v) is 44.2. The number of rotatable bonds is 3. The van der Waals surface area contributed by atoms with Crippen LogP contribution in [0.15, 0.2) is 212 Å². The number of aromatic nitrogens is 3. The fourth-order valence-corrected chi connectivity index (χ4v) is 16.1. The van der Waals surface area contributed by atoms with Gasteiger partial charge in [0.15, 0.2) is 0 Å². The quantitative estimate of drug-likeness (QED) is 0.165. The standard InChI is InChI=1S/C72H47B2N5O2/c1-2-20-44(21-3-1)77-61-40-65-55(73-53-26-12-24-49-47-22-6-10-30-59(47)78(71(49)53)63-34-45(36-67(80-65)69(63)73)75-32-14-18-42-16-4-8-28-57(42)75)38-51(61)52-39-56-66(41-62(52)77)81-68-37-46(76-33-15-19-43-17-5-9-29-58(43)76)35-64-70(68)74(56)54-27-13-25-50-48-23-7-11-31-60(48)79(64)72(50)54/h1-13,16-17,20-31,34-41H,14-15,18-19,32-33H2. The van der Waals surface area contributed by atoms with E-state index in [4.69, 9.17) is 9.47 Å². The molecule has 20 rings (SSSR count). The normalized spacial score (nSPS) is 15.0. The molecular formula is C72H47B2N5O2. The third-order valence-corrected chi connectivity index (χ3v) is 19.3. The molecule has 6 aliphatic rings. The Kier molecular flexibility index (Phi) is 8.24. The molecule has 0 aliphatic carbocycles. The topological polar surface area (TPSA) is 39.7 Å². The lowest BCUT2D eigenvalue weighted by Crippen LogP contribution is -2.58. The molecule has 6 aliphatic heterocycles. The Morgan fingerprint density at radius 3 is 1.28 bits per heavy atom. The second-order valence-electron chi connectivity index (χ2n) is 23.3. The molecule has 0 saturated carbocycles. The highest BCUT2D eigenvalue weighted by atomic mass is 16.5. The van der Waals surface area contributed by atoms with Crippen LogP contribution in [0.1, 0.15) is 24.0 Å². The lowest BCUT2D eigenvalue weighted by atomic mass is 9.34. The van der Waals surface area contributed by atoms with Gasteiger partial charge in [0, 0.05) is 121 Å². The molecule has 7 nitrogen and oxygen atoms in total. The van der Waals surface area contributed by atoms with Crippen molar-refractivity contribution in [3.63, 3.8) is 0 Å². The average Bonchev–Trinajstić information content (AvgIpc) is 2.09. The number of hydrogen-bond acceptors (Lipinski definition) is 4. The van der Waals surface area contributed by atoms with Gasteiger partial charge in [0.1, 0.15) is 23.0 Å². The van der Waals surface area contributed by atoms with E-state index in [2.05, 4.69) is 236 Å². The molecule has 0 radical (unpaired) electrons. The van der Waals surface area contributed by atoms with Crippen molar-refractivity contribution in [1.29, 1.82) is 0 Å². The second-order valence-corrected chi connectivity index (χ2v) is 23.3. The number of fused-ring (bicyclic) bond motifs is 19.